The van der Waals surface area contributed by atoms with Crippen LogP contribution in [0.5, 0.6) is 5.75 Å². The molecule has 0 heterocycles. The lowest BCUT2D eigenvalue weighted by atomic mass is 10.0. The van der Waals surface area contributed by atoms with Crippen molar-refractivity contribution in [2.24, 2.45) is 4.99 Å². The van der Waals surface area contributed by atoms with E-state index in [-0.39, 0.29) is 40.8 Å². The van der Waals surface area contributed by atoms with Crippen LogP contribution in [0, 0.1) is 0 Å². The summed E-state index contributed by atoms with van der Waals surface area (Å²) in [6, 6.07) is 5.65. The molecule has 3 N–H and O–H groups in total. The number of alkyl halides is 3. The fourth-order valence-electron chi connectivity index (χ4n) is 3.19. The molecule has 2 aromatic rings. The first-order valence-electron chi connectivity index (χ1n) is 10.8. The number of nitrogens with one attached hydrogen (secondary N) is 2. The largest absolute Gasteiger partial charge is 0.506 e. The van der Waals surface area contributed by atoms with Gasteiger partial charge in [0.1, 0.15) is 11.6 Å². The number of carbonyl (C=O) groups is 2. The summed E-state index contributed by atoms with van der Waals surface area (Å²) in [4.78, 5) is 29.4. The molecule has 190 valence electrons. The SMILES string of the molecule is CCCCc1cc(C(F)(F)F)ccc1N=C(C)NC(=O)c1cc(Cl)cc(C(=O)NCCOC)c1O. The van der Waals surface area contributed by atoms with Crippen molar-refractivity contribution in [3.05, 3.63) is 57.6 Å². The predicted molar refractivity (Wildman–Crippen MR) is 128 cm³/mol. The lowest BCUT2D eigenvalue weighted by molar-refractivity contribution is -0.137. The number of aromatic hydroxyl groups is 1. The van der Waals surface area contributed by atoms with Gasteiger partial charge in [-0.2, -0.15) is 13.2 Å². The number of hydrogen-bond donors (Lipinski definition) is 3. The minimum absolute atomic E-state index is 0.0454. The van der Waals surface area contributed by atoms with Crippen LogP contribution in [0.2, 0.25) is 5.02 Å². The van der Waals surface area contributed by atoms with Gasteiger partial charge in [0.15, 0.2) is 0 Å². The highest BCUT2D eigenvalue weighted by atomic mass is 35.5. The molecule has 0 aliphatic carbocycles. The van der Waals surface area contributed by atoms with Gasteiger partial charge in [0, 0.05) is 18.7 Å². The molecule has 2 aromatic carbocycles. The van der Waals surface area contributed by atoms with Crippen LogP contribution in [0.25, 0.3) is 0 Å². The van der Waals surface area contributed by atoms with Crippen molar-refractivity contribution in [2.45, 2.75) is 39.3 Å². The third-order valence-electron chi connectivity index (χ3n) is 4.94. The van der Waals surface area contributed by atoms with Crippen molar-refractivity contribution in [1.82, 2.24) is 10.6 Å². The maximum atomic E-state index is 13.1. The number of halogens is 4. The fraction of sp³-hybridized carbons (Fsp3) is 0.375. The zero-order valence-corrected chi connectivity index (χ0v) is 20.3. The van der Waals surface area contributed by atoms with E-state index in [4.69, 9.17) is 16.3 Å². The van der Waals surface area contributed by atoms with Gasteiger partial charge in [0.05, 0.1) is 29.0 Å². The molecule has 7 nitrogen and oxygen atoms in total. The minimum Gasteiger partial charge on any atom is -0.506 e. The third-order valence-corrected chi connectivity index (χ3v) is 5.16. The first-order chi connectivity index (χ1) is 16.5. The normalized spacial score (nSPS) is 11.9. The molecule has 0 aromatic heterocycles. The zero-order valence-electron chi connectivity index (χ0n) is 19.6. The van der Waals surface area contributed by atoms with Gasteiger partial charge in [-0.3, -0.25) is 9.59 Å². The second-order valence-corrected chi connectivity index (χ2v) is 8.13. The van der Waals surface area contributed by atoms with Crippen LogP contribution in [-0.4, -0.2) is 43.0 Å². The average Bonchev–Trinajstić information content (AvgIpc) is 2.78. The summed E-state index contributed by atoms with van der Waals surface area (Å²) < 4.78 is 44.2. The summed E-state index contributed by atoms with van der Waals surface area (Å²) in [5, 5.41) is 15.6. The summed E-state index contributed by atoms with van der Waals surface area (Å²) in [7, 11) is 1.47. The quantitative estimate of drug-likeness (QED) is 0.242. The number of amides is 2. The lowest BCUT2D eigenvalue weighted by Gasteiger charge is -2.13. The van der Waals surface area contributed by atoms with Crippen molar-refractivity contribution in [1.29, 1.82) is 0 Å². The monoisotopic (exact) mass is 513 g/mol. The maximum absolute atomic E-state index is 13.1. The van der Waals surface area contributed by atoms with Crippen LogP contribution >= 0.6 is 11.6 Å². The Morgan fingerprint density at radius 1 is 1.14 bits per heavy atom. The molecule has 0 fully saturated rings. The molecule has 0 spiro atoms. The molecule has 0 saturated heterocycles. The molecule has 11 heteroatoms. The summed E-state index contributed by atoms with van der Waals surface area (Å²) >= 11 is 6.04. The Bertz CT molecular complexity index is 1100. The molecule has 0 aliphatic heterocycles. The molecule has 2 rings (SSSR count). The van der Waals surface area contributed by atoms with Crippen LogP contribution in [0.1, 0.15) is 58.5 Å². The Balaban J connectivity index is 2.30. The van der Waals surface area contributed by atoms with Gasteiger partial charge in [0.25, 0.3) is 11.8 Å². The molecular weight excluding hydrogens is 487 g/mol. The van der Waals surface area contributed by atoms with Crippen molar-refractivity contribution in [3.8, 4) is 5.75 Å². The number of rotatable bonds is 9. The Kier molecular flexibility index (Phi) is 10.1. The number of methoxy groups -OCH3 is 1. The van der Waals surface area contributed by atoms with Crippen molar-refractivity contribution in [2.75, 3.05) is 20.3 Å². The van der Waals surface area contributed by atoms with Crippen LogP contribution < -0.4 is 10.6 Å². The standard InChI is InChI=1S/C24H27ClF3N3O4/c1-4-5-6-15-11-16(24(26,27)28)7-8-20(15)30-14(2)31-23(34)19-13-17(25)12-18(21(19)32)22(33)29-9-10-35-3/h7-8,11-13,32H,4-6,9-10H2,1-3H3,(H,29,33)(H,30,31,34). The van der Waals surface area contributed by atoms with Gasteiger partial charge in [-0.05, 0) is 55.7 Å². The van der Waals surface area contributed by atoms with E-state index < -0.39 is 29.3 Å². The number of aryl methyl sites for hydroxylation is 1. The molecule has 0 unspecified atom stereocenters. The number of unbranched alkanes of at least 4 members (excludes halogenated alkanes) is 1. The fourth-order valence-corrected chi connectivity index (χ4v) is 3.40. The Hall–Kier alpha value is -3.11. The van der Waals surface area contributed by atoms with Gasteiger partial charge >= 0.3 is 6.18 Å². The van der Waals surface area contributed by atoms with Crippen molar-refractivity contribution >= 4 is 34.9 Å². The predicted octanol–water partition coefficient (Wildman–Crippen LogP) is 5.26. The lowest BCUT2D eigenvalue weighted by Crippen LogP contribution is -2.30. The molecule has 0 aliphatic rings. The second-order valence-electron chi connectivity index (χ2n) is 7.69. The topological polar surface area (TPSA) is 100 Å². The van der Waals surface area contributed by atoms with E-state index in [0.717, 1.165) is 18.6 Å². The Labute approximate surface area is 206 Å². The average molecular weight is 514 g/mol. The number of hydrogen-bond acceptors (Lipinski definition) is 5. The summed E-state index contributed by atoms with van der Waals surface area (Å²) in [6.07, 6.45) is -2.65. The number of carbonyl (C=O) groups excluding carboxylic acids is 2. The molecule has 0 bridgehead atoms. The summed E-state index contributed by atoms with van der Waals surface area (Å²) in [5.41, 5.74) is -0.543. The molecule has 35 heavy (non-hydrogen) atoms. The van der Waals surface area contributed by atoms with E-state index in [0.29, 0.717) is 18.4 Å². The Morgan fingerprint density at radius 2 is 1.80 bits per heavy atom. The smallest absolute Gasteiger partial charge is 0.416 e. The van der Waals surface area contributed by atoms with E-state index in [1.54, 1.807) is 0 Å². The van der Waals surface area contributed by atoms with Gasteiger partial charge in [-0.1, -0.05) is 24.9 Å². The van der Waals surface area contributed by atoms with Crippen molar-refractivity contribution < 1.29 is 32.6 Å². The number of benzene rings is 2. The number of phenolic OH excluding ortho intramolecular Hbond substituents is 1. The summed E-state index contributed by atoms with van der Waals surface area (Å²) in [5.74, 6) is -1.93. The van der Waals surface area contributed by atoms with E-state index in [1.165, 1.54) is 32.2 Å². The van der Waals surface area contributed by atoms with Crippen molar-refractivity contribution in [3.63, 3.8) is 0 Å². The first kappa shape index (κ1) is 28.1. The Morgan fingerprint density at radius 3 is 2.40 bits per heavy atom. The van der Waals surface area contributed by atoms with E-state index in [1.807, 2.05) is 6.92 Å². The highest BCUT2D eigenvalue weighted by Crippen LogP contribution is 2.33. The van der Waals surface area contributed by atoms with Crippen LogP contribution in [0.4, 0.5) is 18.9 Å². The second kappa shape index (κ2) is 12.6. The van der Waals surface area contributed by atoms with Crippen LogP contribution in [0.15, 0.2) is 35.3 Å². The van der Waals surface area contributed by atoms with Gasteiger partial charge in [-0.15, -0.1) is 0 Å². The van der Waals surface area contributed by atoms with Gasteiger partial charge in [0.2, 0.25) is 0 Å². The molecular formula is C24H27ClF3N3O4. The van der Waals surface area contributed by atoms with E-state index in [9.17, 15) is 27.9 Å². The highest BCUT2D eigenvalue weighted by Gasteiger charge is 2.31. The number of nitrogens with zero attached hydrogens (tertiary/aromatic N) is 1. The molecule has 2 amide bonds. The van der Waals surface area contributed by atoms with E-state index >= 15 is 0 Å². The van der Waals surface area contributed by atoms with Crippen LogP contribution in [-0.2, 0) is 17.3 Å². The highest BCUT2D eigenvalue weighted by molar-refractivity contribution is 6.31. The van der Waals surface area contributed by atoms with Gasteiger partial charge in [-0.25, -0.2) is 4.99 Å². The number of amidine groups is 1. The van der Waals surface area contributed by atoms with Crippen LogP contribution in [0.3, 0.4) is 0 Å². The molecule has 0 radical (unpaired) electrons. The number of aliphatic imine (C=N–C) groups is 1. The summed E-state index contributed by atoms with van der Waals surface area (Å²) in [6.45, 7) is 3.81. The van der Waals surface area contributed by atoms with Gasteiger partial charge < -0.3 is 20.5 Å². The zero-order chi connectivity index (χ0) is 26.2. The number of phenols is 1. The first-order valence-corrected chi connectivity index (χ1v) is 11.2. The molecule has 0 saturated carbocycles. The minimum atomic E-state index is -4.48. The van der Waals surface area contributed by atoms with E-state index in [2.05, 4.69) is 15.6 Å². The third kappa shape index (κ3) is 7.97. The number of ether oxygens (including phenoxy) is 1. The maximum Gasteiger partial charge on any atom is 0.416 e. The molecule has 0 atom stereocenters.